The highest BCUT2D eigenvalue weighted by Gasteiger charge is 2.37. The Kier molecular flexibility index (Phi) is 21.2. The summed E-state index contributed by atoms with van der Waals surface area (Å²) < 4.78 is 85.5. The van der Waals surface area contributed by atoms with Crippen molar-refractivity contribution >= 4 is 107 Å². The van der Waals surface area contributed by atoms with Gasteiger partial charge in [0.2, 0.25) is 11.2 Å². The molecule has 480 valence electrons. The average Bonchev–Trinajstić information content (AvgIpc) is 1.81. The number of rotatable bonds is 12. The number of para-hydroxylation sites is 2. The Bertz CT molecular complexity index is 3830. The summed E-state index contributed by atoms with van der Waals surface area (Å²) in [4.78, 5) is 45.4. The third-order valence-electron chi connectivity index (χ3n) is 14.5. The summed E-state index contributed by atoms with van der Waals surface area (Å²) in [6.45, 7) is 26.0. The molecule has 5 N–H and O–H groups in total. The van der Waals surface area contributed by atoms with Crippen LogP contribution in [0.15, 0.2) is 82.8 Å². The van der Waals surface area contributed by atoms with E-state index in [1.54, 1.807) is 80.0 Å². The number of nitrogens with zero attached hydrogens (tertiary/aromatic N) is 6. The molecule has 4 aliphatic heterocycles. The Morgan fingerprint density at radius 1 is 0.596 bits per heavy atom. The zero-order valence-corrected chi connectivity index (χ0v) is 55.8. The van der Waals surface area contributed by atoms with Crippen LogP contribution in [0.25, 0.3) is 0 Å². The maximum atomic E-state index is 13.0. The number of aromatic nitrogens is 4. The SMILES string of the molecule is CC(C)S(=O)(=O)c1ccccc1Nc1nc(Cl)ncc1Cl.Cc1cc(N)c2c(c1C1CCN(C(=O)OC(C)(C)C)C1)OCCO2.Cc1cc(Nc2ncc(Cl)c(Nc3ccccc3S(=O)(=O)C(C)C)n2)c2c(c1C1CCN(C(=O)OC(C)(C)C)C1)OCCO2. The lowest BCUT2D eigenvalue weighted by Crippen LogP contribution is -2.35. The molecular formula is C62H77Cl3N10O12S2. The molecule has 2 unspecified atom stereocenters. The zero-order valence-electron chi connectivity index (χ0n) is 51.9. The number of anilines is 7. The van der Waals surface area contributed by atoms with E-state index >= 15 is 0 Å². The van der Waals surface area contributed by atoms with Gasteiger partial charge in [0, 0.05) is 49.1 Å². The van der Waals surface area contributed by atoms with Gasteiger partial charge in [0.15, 0.2) is 54.3 Å². The topological polar surface area (TPSA) is 278 Å². The highest BCUT2D eigenvalue weighted by atomic mass is 35.5. The lowest BCUT2D eigenvalue weighted by atomic mass is 9.91. The van der Waals surface area contributed by atoms with Crippen LogP contribution in [0.3, 0.4) is 0 Å². The predicted octanol–water partition coefficient (Wildman–Crippen LogP) is 13.4. The van der Waals surface area contributed by atoms with Crippen molar-refractivity contribution in [2.75, 3.05) is 74.3 Å². The van der Waals surface area contributed by atoms with Gasteiger partial charge < -0.3 is 59.9 Å². The fourth-order valence-electron chi connectivity index (χ4n) is 10.3. The number of hydrogen-bond acceptors (Lipinski definition) is 20. The van der Waals surface area contributed by atoms with Crippen LogP contribution < -0.4 is 40.6 Å². The van der Waals surface area contributed by atoms with Crippen LogP contribution in [-0.2, 0) is 29.1 Å². The molecule has 4 aliphatic rings. The smallest absolute Gasteiger partial charge is 0.410 e. The first-order chi connectivity index (χ1) is 41.8. The number of hydrogen-bond donors (Lipinski definition) is 4. The summed E-state index contributed by atoms with van der Waals surface area (Å²) in [5, 5.41) is 8.55. The van der Waals surface area contributed by atoms with Gasteiger partial charge in [-0.05, 0) is 155 Å². The van der Waals surface area contributed by atoms with E-state index in [-0.39, 0.29) is 66.7 Å². The van der Waals surface area contributed by atoms with Crippen molar-refractivity contribution in [3.63, 3.8) is 0 Å². The molecule has 27 heteroatoms. The van der Waals surface area contributed by atoms with Crippen molar-refractivity contribution in [2.24, 2.45) is 0 Å². The van der Waals surface area contributed by atoms with E-state index in [2.05, 4.69) is 35.9 Å². The fourth-order valence-corrected chi connectivity index (χ4v) is 13.1. The summed E-state index contributed by atoms with van der Waals surface area (Å²) in [6, 6.07) is 17.1. The number of nitrogens with two attached hydrogens (primary N) is 1. The number of nitrogen functional groups attached to an aromatic ring is 1. The molecule has 4 aromatic carbocycles. The van der Waals surface area contributed by atoms with Gasteiger partial charge in [0.25, 0.3) is 0 Å². The first-order valence-electron chi connectivity index (χ1n) is 29.1. The summed E-state index contributed by atoms with van der Waals surface area (Å²) >= 11 is 18.1. The largest absolute Gasteiger partial charge is 0.486 e. The van der Waals surface area contributed by atoms with Gasteiger partial charge in [-0.1, -0.05) is 47.5 Å². The monoisotopic (exact) mass is 1320 g/mol. The molecule has 0 aliphatic carbocycles. The number of sulfone groups is 2. The van der Waals surface area contributed by atoms with E-state index in [1.807, 2.05) is 67.5 Å². The number of fused-ring (bicyclic) bond motifs is 2. The molecular weight excluding hydrogens is 1250 g/mol. The third kappa shape index (κ3) is 16.4. The normalized spacial score (nSPS) is 16.4. The number of nitrogens with one attached hydrogen (secondary N) is 3. The molecule has 2 fully saturated rings. The van der Waals surface area contributed by atoms with Crippen LogP contribution >= 0.6 is 34.8 Å². The summed E-state index contributed by atoms with van der Waals surface area (Å²) in [6.07, 6.45) is 3.85. The van der Waals surface area contributed by atoms with Crippen molar-refractivity contribution in [2.45, 2.75) is 139 Å². The van der Waals surface area contributed by atoms with E-state index in [1.165, 1.54) is 18.5 Å². The summed E-state index contributed by atoms with van der Waals surface area (Å²) in [7, 11) is -7.00. The minimum Gasteiger partial charge on any atom is -0.486 e. The van der Waals surface area contributed by atoms with Crippen LogP contribution in [0.2, 0.25) is 15.3 Å². The van der Waals surface area contributed by atoms with Crippen molar-refractivity contribution in [3.8, 4) is 23.0 Å². The summed E-state index contributed by atoms with van der Waals surface area (Å²) in [5.74, 6) is 3.52. The predicted molar refractivity (Wildman–Crippen MR) is 346 cm³/mol. The van der Waals surface area contributed by atoms with Crippen LogP contribution in [0.4, 0.5) is 49.9 Å². The Morgan fingerprint density at radius 2 is 1.01 bits per heavy atom. The van der Waals surface area contributed by atoms with Gasteiger partial charge in [0.05, 0.1) is 55.4 Å². The van der Waals surface area contributed by atoms with E-state index in [0.717, 1.165) is 40.8 Å². The van der Waals surface area contributed by atoms with Crippen molar-refractivity contribution in [1.82, 2.24) is 29.7 Å². The zero-order chi connectivity index (χ0) is 64.9. The standard InChI is InChI=1S/C31H38ClN5O6S.C18H26N2O4.C13H13Cl2N3O2S/c1-18(2)44(39,40)24-10-8-7-9-22(24)34-28-21(32)16-33-29(36-28)35-23-15-19(3)25(27-26(23)41-13-14-42-27)20-11-12-37(17-20)30(38)43-31(4,5)6;1-11-9-13(19)15-16(23-8-7-22-15)14(11)12-5-6-20(10-12)17(21)24-18(2,3)4;1-8(2)21(19,20)11-6-4-3-5-10(11)17-12-9(14)7-16-13(15)18-12/h7-10,15-16,18,20H,11-14,17H2,1-6H3,(H2,33,34,35,36);9,12H,5-8,10,19H2,1-4H3;3-8H,1-2H3,(H,16,17,18). The molecule has 2 atom stereocenters. The number of halogens is 3. The van der Waals surface area contributed by atoms with Crippen molar-refractivity contribution in [3.05, 3.63) is 111 Å². The molecule has 22 nitrogen and oxygen atoms in total. The number of benzene rings is 4. The van der Waals surface area contributed by atoms with E-state index < -0.39 is 41.4 Å². The molecule has 6 heterocycles. The first kappa shape index (κ1) is 67.7. The lowest BCUT2D eigenvalue weighted by molar-refractivity contribution is 0.0281. The Hall–Kier alpha value is -7.25. The van der Waals surface area contributed by atoms with Crippen LogP contribution in [0, 0.1) is 13.8 Å². The van der Waals surface area contributed by atoms with Crippen LogP contribution in [0.5, 0.6) is 23.0 Å². The maximum Gasteiger partial charge on any atom is 0.410 e. The Labute approximate surface area is 535 Å². The maximum absolute atomic E-state index is 13.0. The quantitative estimate of drug-likeness (QED) is 0.0654. The molecule has 0 bridgehead atoms. The summed E-state index contributed by atoms with van der Waals surface area (Å²) in [5.41, 5.74) is 11.1. The van der Waals surface area contributed by atoms with E-state index in [9.17, 15) is 26.4 Å². The van der Waals surface area contributed by atoms with Crippen molar-refractivity contribution < 1.29 is 54.8 Å². The van der Waals surface area contributed by atoms with Crippen LogP contribution in [0.1, 0.15) is 116 Å². The second-order valence-corrected chi connectivity index (χ2v) is 30.3. The molecule has 6 aromatic rings. The van der Waals surface area contributed by atoms with Gasteiger partial charge in [-0.25, -0.2) is 36.4 Å². The Balaban J connectivity index is 0.000000191. The molecule has 2 aromatic heterocycles. The lowest BCUT2D eigenvalue weighted by Gasteiger charge is -2.28. The number of aryl methyl sites for hydroxylation is 2. The molecule has 0 saturated carbocycles. The highest BCUT2D eigenvalue weighted by molar-refractivity contribution is 7.92. The van der Waals surface area contributed by atoms with Gasteiger partial charge >= 0.3 is 12.2 Å². The average molecular weight is 1320 g/mol. The van der Waals surface area contributed by atoms with Gasteiger partial charge in [-0.3, -0.25) is 0 Å². The molecule has 2 amide bonds. The van der Waals surface area contributed by atoms with Crippen LogP contribution in [-0.4, -0.2) is 133 Å². The van der Waals surface area contributed by atoms with Gasteiger partial charge in [0.1, 0.15) is 47.7 Å². The molecule has 89 heavy (non-hydrogen) atoms. The van der Waals surface area contributed by atoms with Gasteiger partial charge in [-0.15, -0.1) is 0 Å². The molecule has 0 spiro atoms. The highest BCUT2D eigenvalue weighted by Crippen LogP contribution is 2.49. The molecule has 2 saturated heterocycles. The minimum absolute atomic E-state index is 0.0195. The fraction of sp³-hybridized carbons (Fsp3) is 0.452. The van der Waals surface area contributed by atoms with Gasteiger partial charge in [-0.2, -0.15) is 9.97 Å². The number of likely N-dealkylation sites (tertiary alicyclic amines) is 2. The molecule has 0 radical (unpaired) electrons. The number of carbonyl (C=O) groups excluding carboxylic acids is 2. The third-order valence-corrected chi connectivity index (χ3v) is 19.6. The number of ether oxygens (including phenoxy) is 6. The van der Waals surface area contributed by atoms with E-state index in [0.29, 0.717) is 92.6 Å². The van der Waals surface area contributed by atoms with Crippen molar-refractivity contribution in [1.29, 1.82) is 0 Å². The number of carbonyl (C=O) groups is 2. The second kappa shape index (κ2) is 27.9. The molecule has 10 rings (SSSR count). The number of amides is 2. The second-order valence-electron chi connectivity index (χ2n) is 24.2. The minimum atomic E-state index is -3.57. The first-order valence-corrected chi connectivity index (χ1v) is 33.3. The Morgan fingerprint density at radius 3 is 1.48 bits per heavy atom. The van der Waals surface area contributed by atoms with E-state index in [4.69, 9.17) is 69.0 Å².